The first kappa shape index (κ1) is 12.6. The third kappa shape index (κ3) is 2.24. The molecule has 1 saturated carbocycles. The van der Waals surface area contributed by atoms with Crippen molar-refractivity contribution in [2.75, 3.05) is 13.1 Å². The molecule has 0 bridgehead atoms. The van der Waals surface area contributed by atoms with Crippen molar-refractivity contribution in [2.45, 2.75) is 31.3 Å². The lowest BCUT2D eigenvalue weighted by molar-refractivity contribution is 0.220. The second-order valence-corrected chi connectivity index (χ2v) is 5.55. The van der Waals surface area contributed by atoms with Crippen LogP contribution in [0, 0.1) is 23.1 Å². The highest BCUT2D eigenvalue weighted by atomic mass is 19.1. The Labute approximate surface area is 112 Å². The highest BCUT2D eigenvalue weighted by Crippen LogP contribution is 2.43. The number of halogens is 1. The van der Waals surface area contributed by atoms with Crippen LogP contribution in [-0.2, 0) is 0 Å². The Balaban J connectivity index is 1.95. The van der Waals surface area contributed by atoms with Gasteiger partial charge in [-0.05, 0) is 56.0 Å². The maximum atomic E-state index is 13.4. The van der Waals surface area contributed by atoms with E-state index in [9.17, 15) is 4.39 Å². The lowest BCUT2D eigenvalue weighted by Gasteiger charge is -2.28. The molecule has 0 spiro atoms. The normalized spacial score (nSPS) is 27.4. The maximum absolute atomic E-state index is 13.4. The first-order chi connectivity index (χ1) is 9.24. The smallest absolute Gasteiger partial charge is 0.140 e. The Morgan fingerprint density at radius 1 is 1.37 bits per heavy atom. The van der Waals surface area contributed by atoms with Crippen LogP contribution in [0.5, 0.6) is 0 Å². The summed E-state index contributed by atoms with van der Waals surface area (Å²) in [6, 6.07) is 7.76. The molecule has 2 N–H and O–H groups in total. The fourth-order valence-electron chi connectivity index (χ4n) is 3.22. The first-order valence-corrected chi connectivity index (χ1v) is 6.90. The molecule has 0 aromatic heterocycles. The van der Waals surface area contributed by atoms with E-state index in [1.54, 1.807) is 6.07 Å². The topological polar surface area (TPSA) is 53.1 Å². The lowest BCUT2D eigenvalue weighted by atomic mass is 9.92. The molecule has 2 aliphatic rings. The van der Waals surface area contributed by atoms with E-state index in [0.29, 0.717) is 18.5 Å². The predicted molar refractivity (Wildman–Crippen MR) is 70.7 cm³/mol. The minimum absolute atomic E-state index is 0.135. The molecule has 19 heavy (non-hydrogen) atoms. The molecule has 0 amide bonds. The van der Waals surface area contributed by atoms with Gasteiger partial charge < -0.3 is 5.73 Å². The van der Waals surface area contributed by atoms with Gasteiger partial charge in [-0.1, -0.05) is 6.07 Å². The number of nitrogens with two attached hydrogens (primary N) is 1. The molecule has 1 aromatic carbocycles. The highest BCUT2D eigenvalue weighted by molar-refractivity contribution is 5.36. The molecule has 3 nitrogen and oxygen atoms in total. The predicted octanol–water partition coefficient (Wildman–Crippen LogP) is 2.18. The van der Waals surface area contributed by atoms with Crippen LogP contribution in [-0.4, -0.2) is 24.0 Å². The summed E-state index contributed by atoms with van der Waals surface area (Å²) in [5.41, 5.74) is 7.05. The summed E-state index contributed by atoms with van der Waals surface area (Å²) in [7, 11) is 0. The molecule has 0 radical (unpaired) electrons. The number of rotatable bonds is 3. The van der Waals surface area contributed by atoms with Crippen LogP contribution in [0.2, 0.25) is 0 Å². The monoisotopic (exact) mass is 259 g/mol. The Morgan fingerprint density at radius 3 is 2.79 bits per heavy atom. The molecule has 2 fully saturated rings. The van der Waals surface area contributed by atoms with Crippen LogP contribution in [0.25, 0.3) is 0 Å². The van der Waals surface area contributed by atoms with Gasteiger partial charge in [-0.25, -0.2) is 4.39 Å². The van der Waals surface area contributed by atoms with E-state index >= 15 is 0 Å². The average Bonchev–Trinajstić information content (AvgIpc) is 3.19. The van der Waals surface area contributed by atoms with E-state index in [1.807, 2.05) is 12.1 Å². The van der Waals surface area contributed by atoms with Crippen LogP contribution < -0.4 is 5.73 Å². The van der Waals surface area contributed by atoms with Crippen molar-refractivity contribution < 1.29 is 4.39 Å². The van der Waals surface area contributed by atoms with Gasteiger partial charge in [0, 0.05) is 12.1 Å². The minimum atomic E-state index is -0.438. The number of hydrogen-bond donors (Lipinski definition) is 1. The third-order valence-corrected chi connectivity index (χ3v) is 4.33. The van der Waals surface area contributed by atoms with Gasteiger partial charge in [0.25, 0.3) is 0 Å². The fraction of sp³-hybridized carbons (Fsp3) is 0.533. The Morgan fingerprint density at radius 2 is 2.16 bits per heavy atom. The summed E-state index contributed by atoms with van der Waals surface area (Å²) in [4.78, 5) is 2.49. The van der Waals surface area contributed by atoms with Crippen LogP contribution in [0.3, 0.4) is 0 Å². The first-order valence-electron chi connectivity index (χ1n) is 6.90. The van der Waals surface area contributed by atoms with Crippen LogP contribution in [0.15, 0.2) is 18.2 Å². The van der Waals surface area contributed by atoms with E-state index in [1.165, 1.54) is 18.9 Å². The van der Waals surface area contributed by atoms with Crippen molar-refractivity contribution in [1.29, 1.82) is 5.26 Å². The Hall–Kier alpha value is -1.44. The second-order valence-electron chi connectivity index (χ2n) is 5.55. The summed E-state index contributed by atoms with van der Waals surface area (Å²) >= 11 is 0. The zero-order chi connectivity index (χ0) is 13.4. The van der Waals surface area contributed by atoms with Crippen LogP contribution in [0.1, 0.15) is 36.4 Å². The number of nitrogens with zero attached hydrogens (tertiary/aromatic N) is 2. The summed E-state index contributed by atoms with van der Waals surface area (Å²) < 4.78 is 13.4. The third-order valence-electron chi connectivity index (χ3n) is 4.33. The van der Waals surface area contributed by atoms with Crippen molar-refractivity contribution in [1.82, 2.24) is 4.90 Å². The van der Waals surface area contributed by atoms with Gasteiger partial charge in [0.05, 0.1) is 5.56 Å². The quantitative estimate of drug-likeness (QED) is 0.905. The molecule has 2 unspecified atom stereocenters. The summed E-state index contributed by atoms with van der Waals surface area (Å²) in [5, 5.41) is 8.97. The standard InChI is InChI=1S/C15H18FN3/c16-14-4-1-10(7-12(14)9-18)15-11(8-17)5-6-19(15)13-2-3-13/h1,4,7,11,13,15H,2-3,5-6,8,17H2. The summed E-state index contributed by atoms with van der Waals surface area (Å²) in [6.45, 7) is 1.71. The number of nitriles is 1. The van der Waals surface area contributed by atoms with E-state index in [4.69, 9.17) is 11.0 Å². The molecule has 1 aromatic rings. The lowest BCUT2D eigenvalue weighted by Crippen LogP contribution is -2.30. The highest BCUT2D eigenvalue weighted by Gasteiger charge is 2.42. The zero-order valence-corrected chi connectivity index (χ0v) is 10.8. The van der Waals surface area contributed by atoms with Gasteiger partial charge in [-0.15, -0.1) is 0 Å². The molecule has 2 atom stereocenters. The molecule has 100 valence electrons. The number of hydrogen-bond acceptors (Lipinski definition) is 3. The van der Waals surface area contributed by atoms with Crippen molar-refractivity contribution in [3.8, 4) is 6.07 Å². The van der Waals surface area contributed by atoms with Gasteiger partial charge in [-0.2, -0.15) is 5.26 Å². The molecule has 1 saturated heterocycles. The molecule has 1 aliphatic carbocycles. The summed E-state index contributed by atoms with van der Waals surface area (Å²) in [5.74, 6) is -0.0240. The molecular weight excluding hydrogens is 241 g/mol. The second kappa shape index (κ2) is 4.92. The van der Waals surface area contributed by atoms with E-state index in [-0.39, 0.29) is 11.6 Å². The van der Waals surface area contributed by atoms with E-state index < -0.39 is 5.82 Å². The van der Waals surface area contributed by atoms with E-state index in [2.05, 4.69) is 4.90 Å². The Bertz CT molecular complexity index is 519. The molecule has 3 rings (SSSR count). The van der Waals surface area contributed by atoms with Crippen LogP contribution in [0.4, 0.5) is 4.39 Å². The largest absolute Gasteiger partial charge is 0.330 e. The minimum Gasteiger partial charge on any atom is -0.330 e. The van der Waals surface area contributed by atoms with Gasteiger partial charge in [0.15, 0.2) is 0 Å². The number of likely N-dealkylation sites (tertiary alicyclic amines) is 1. The van der Waals surface area contributed by atoms with Crippen molar-refractivity contribution in [3.63, 3.8) is 0 Å². The maximum Gasteiger partial charge on any atom is 0.140 e. The zero-order valence-electron chi connectivity index (χ0n) is 10.8. The van der Waals surface area contributed by atoms with Crippen molar-refractivity contribution >= 4 is 0 Å². The van der Waals surface area contributed by atoms with Crippen molar-refractivity contribution in [2.24, 2.45) is 11.7 Å². The molecule has 1 heterocycles. The SMILES string of the molecule is N#Cc1cc(C2C(CN)CCN2C2CC2)ccc1F. The van der Waals surface area contributed by atoms with Gasteiger partial charge in [0.1, 0.15) is 11.9 Å². The van der Waals surface area contributed by atoms with E-state index in [0.717, 1.165) is 18.5 Å². The summed E-state index contributed by atoms with van der Waals surface area (Å²) in [6.07, 6.45) is 3.59. The molecule has 1 aliphatic heterocycles. The molecule has 4 heteroatoms. The molecular formula is C15H18FN3. The van der Waals surface area contributed by atoms with Gasteiger partial charge in [0.2, 0.25) is 0 Å². The van der Waals surface area contributed by atoms with Crippen LogP contribution >= 0.6 is 0 Å². The Kier molecular flexibility index (Phi) is 3.26. The van der Waals surface area contributed by atoms with Gasteiger partial charge in [-0.3, -0.25) is 4.90 Å². The van der Waals surface area contributed by atoms with Crippen molar-refractivity contribution in [3.05, 3.63) is 35.1 Å². The average molecular weight is 259 g/mol. The fourth-order valence-corrected chi connectivity index (χ4v) is 3.22. The number of benzene rings is 1. The van der Waals surface area contributed by atoms with Gasteiger partial charge >= 0.3 is 0 Å².